The van der Waals surface area contributed by atoms with E-state index < -0.39 is 0 Å². The molecule has 0 bridgehead atoms. The number of nitrogens with zero attached hydrogens (tertiary/aromatic N) is 1. The number of rotatable bonds is 6. The van der Waals surface area contributed by atoms with Crippen molar-refractivity contribution in [3.63, 3.8) is 0 Å². The van der Waals surface area contributed by atoms with Crippen molar-refractivity contribution in [3.8, 4) is 12.3 Å². The first-order valence-electron chi connectivity index (χ1n) is 5.26. The Hall–Kier alpha value is -1.29. The summed E-state index contributed by atoms with van der Waals surface area (Å²) >= 11 is 2.06. The number of halogens is 1. The second-order valence-electron chi connectivity index (χ2n) is 3.51. The Morgan fingerprint density at radius 3 is 2.88 bits per heavy atom. The van der Waals surface area contributed by atoms with Gasteiger partial charge in [-0.1, -0.05) is 0 Å². The molecule has 1 rings (SSSR count). The zero-order valence-corrected chi connectivity index (χ0v) is 11.4. The second kappa shape index (κ2) is 7.12. The molecule has 1 N–H and O–H groups in total. The minimum Gasteiger partial charge on any atom is -0.379 e. The van der Waals surface area contributed by atoms with Crippen LogP contribution in [0.1, 0.15) is 19.3 Å². The van der Waals surface area contributed by atoms with Crippen molar-refractivity contribution in [2.24, 2.45) is 0 Å². The number of benzene rings is 1. The minimum atomic E-state index is -0.369. The molecular weight excluding hydrogens is 331 g/mol. The van der Waals surface area contributed by atoms with E-state index in [2.05, 4.69) is 33.8 Å². The van der Waals surface area contributed by atoms with Gasteiger partial charge in [-0.15, -0.1) is 12.3 Å². The molecule has 0 unspecified atom stereocenters. The molecule has 0 atom stereocenters. The summed E-state index contributed by atoms with van der Waals surface area (Å²) in [4.78, 5) is 10.5. The van der Waals surface area contributed by atoms with Crippen LogP contribution in [0.15, 0.2) is 18.2 Å². The van der Waals surface area contributed by atoms with Crippen molar-refractivity contribution in [1.82, 2.24) is 0 Å². The molecule has 0 amide bonds. The summed E-state index contributed by atoms with van der Waals surface area (Å²) < 4.78 is 0.854. The highest BCUT2D eigenvalue weighted by molar-refractivity contribution is 14.1. The summed E-state index contributed by atoms with van der Waals surface area (Å²) in [5.41, 5.74) is 0.685. The molecule has 0 heterocycles. The fourth-order valence-electron chi connectivity index (χ4n) is 1.38. The van der Waals surface area contributed by atoms with Gasteiger partial charge in [-0.3, -0.25) is 10.1 Å². The van der Waals surface area contributed by atoms with Gasteiger partial charge >= 0.3 is 0 Å². The summed E-state index contributed by atoms with van der Waals surface area (Å²) in [5, 5.41) is 13.9. The van der Waals surface area contributed by atoms with Gasteiger partial charge in [-0.25, -0.2) is 0 Å². The predicted molar refractivity (Wildman–Crippen MR) is 77.0 cm³/mol. The molecule has 17 heavy (non-hydrogen) atoms. The number of hydrogen-bond donors (Lipinski definition) is 1. The number of nitrogens with one attached hydrogen (secondary N) is 1. The molecule has 0 aliphatic heterocycles. The van der Waals surface area contributed by atoms with Crippen LogP contribution in [-0.2, 0) is 0 Å². The summed E-state index contributed by atoms with van der Waals surface area (Å²) in [5.74, 6) is 2.57. The van der Waals surface area contributed by atoms with Gasteiger partial charge in [0.1, 0.15) is 5.69 Å². The van der Waals surface area contributed by atoms with E-state index in [1.165, 1.54) is 0 Å². The highest BCUT2D eigenvalue weighted by Gasteiger charge is 2.13. The quantitative estimate of drug-likeness (QED) is 0.283. The van der Waals surface area contributed by atoms with Crippen LogP contribution in [0.5, 0.6) is 0 Å². The first kappa shape index (κ1) is 13.8. The van der Waals surface area contributed by atoms with E-state index in [1.54, 1.807) is 12.1 Å². The van der Waals surface area contributed by atoms with Crippen LogP contribution in [-0.4, -0.2) is 11.5 Å². The normalized spacial score (nSPS) is 9.65. The van der Waals surface area contributed by atoms with Gasteiger partial charge < -0.3 is 5.32 Å². The third-order valence-electron chi connectivity index (χ3n) is 2.22. The van der Waals surface area contributed by atoms with Crippen LogP contribution in [0.4, 0.5) is 11.4 Å². The Kier molecular flexibility index (Phi) is 5.77. The molecular formula is C12H13IN2O2. The number of nitro benzene ring substituents is 1. The lowest BCUT2D eigenvalue weighted by Crippen LogP contribution is -2.04. The van der Waals surface area contributed by atoms with E-state index in [0.29, 0.717) is 12.2 Å². The molecule has 0 aromatic heterocycles. The van der Waals surface area contributed by atoms with Crippen molar-refractivity contribution in [3.05, 3.63) is 31.9 Å². The molecule has 0 spiro atoms. The van der Waals surface area contributed by atoms with E-state index in [9.17, 15) is 10.1 Å². The molecule has 0 saturated heterocycles. The lowest BCUT2D eigenvalue weighted by Gasteiger charge is -2.06. The van der Waals surface area contributed by atoms with Crippen molar-refractivity contribution in [1.29, 1.82) is 0 Å². The summed E-state index contributed by atoms with van der Waals surface area (Å²) in [7, 11) is 0. The largest absolute Gasteiger partial charge is 0.379 e. The molecule has 1 aromatic rings. The number of nitro groups is 1. The average molecular weight is 344 g/mol. The Labute approximate surface area is 114 Å². The molecule has 0 saturated carbocycles. The Balaban J connectivity index is 2.59. The highest BCUT2D eigenvalue weighted by Crippen LogP contribution is 2.26. The van der Waals surface area contributed by atoms with Crippen molar-refractivity contribution >= 4 is 34.0 Å². The van der Waals surface area contributed by atoms with Crippen LogP contribution in [0.3, 0.4) is 0 Å². The Morgan fingerprint density at radius 1 is 1.47 bits per heavy atom. The van der Waals surface area contributed by atoms with E-state index in [-0.39, 0.29) is 10.6 Å². The molecule has 90 valence electrons. The van der Waals surface area contributed by atoms with E-state index in [4.69, 9.17) is 6.42 Å². The van der Waals surface area contributed by atoms with E-state index in [1.807, 2.05) is 6.07 Å². The number of anilines is 1. The number of hydrogen-bond acceptors (Lipinski definition) is 3. The Bertz CT molecular complexity index is 441. The smallest absolute Gasteiger partial charge is 0.293 e. The summed E-state index contributed by atoms with van der Waals surface area (Å²) in [6.45, 7) is 0.698. The lowest BCUT2D eigenvalue weighted by molar-refractivity contribution is -0.384. The molecule has 0 aliphatic carbocycles. The highest BCUT2D eigenvalue weighted by atomic mass is 127. The topological polar surface area (TPSA) is 55.2 Å². The molecule has 0 fully saturated rings. The maximum Gasteiger partial charge on any atom is 0.293 e. The average Bonchev–Trinajstić information content (AvgIpc) is 2.30. The maximum atomic E-state index is 10.8. The first-order chi connectivity index (χ1) is 8.15. The lowest BCUT2D eigenvalue weighted by atomic mass is 10.2. The fourth-order valence-corrected chi connectivity index (χ4v) is 1.86. The van der Waals surface area contributed by atoms with Gasteiger partial charge in [0.15, 0.2) is 0 Å². The standard InChI is InChI=1S/C12H13IN2O2/c1-2-3-4-5-8-14-11-7-6-10(13)9-12(11)15(16)17/h1,6-7,9,14H,3-5,8H2. The van der Waals surface area contributed by atoms with Crippen LogP contribution in [0.2, 0.25) is 0 Å². The van der Waals surface area contributed by atoms with Gasteiger partial charge in [-0.2, -0.15) is 0 Å². The van der Waals surface area contributed by atoms with Gasteiger partial charge in [0, 0.05) is 22.6 Å². The predicted octanol–water partition coefficient (Wildman–Crippen LogP) is 3.41. The zero-order valence-electron chi connectivity index (χ0n) is 9.28. The minimum absolute atomic E-state index is 0.119. The van der Waals surface area contributed by atoms with Crippen LogP contribution < -0.4 is 5.32 Å². The van der Waals surface area contributed by atoms with E-state index >= 15 is 0 Å². The Morgan fingerprint density at radius 2 is 2.24 bits per heavy atom. The SMILES string of the molecule is C#CCCCCNc1ccc(I)cc1[N+](=O)[O-]. The van der Waals surface area contributed by atoms with Gasteiger partial charge in [0.05, 0.1) is 4.92 Å². The summed E-state index contributed by atoms with van der Waals surface area (Å²) in [6, 6.07) is 5.14. The van der Waals surface area contributed by atoms with E-state index in [0.717, 1.165) is 22.8 Å². The number of terminal acetylenes is 1. The van der Waals surface area contributed by atoms with Crippen LogP contribution >= 0.6 is 22.6 Å². The molecule has 0 aliphatic rings. The van der Waals surface area contributed by atoms with Crippen molar-refractivity contribution in [2.75, 3.05) is 11.9 Å². The second-order valence-corrected chi connectivity index (χ2v) is 4.75. The van der Waals surface area contributed by atoms with Crippen LogP contribution in [0, 0.1) is 26.0 Å². The van der Waals surface area contributed by atoms with Gasteiger partial charge in [-0.05, 0) is 47.6 Å². The third-order valence-corrected chi connectivity index (χ3v) is 2.89. The number of unbranched alkanes of at least 4 members (excludes halogenated alkanes) is 2. The molecule has 1 aromatic carbocycles. The van der Waals surface area contributed by atoms with Gasteiger partial charge in [0.2, 0.25) is 0 Å². The van der Waals surface area contributed by atoms with Crippen molar-refractivity contribution < 1.29 is 4.92 Å². The monoisotopic (exact) mass is 344 g/mol. The molecule has 4 nitrogen and oxygen atoms in total. The van der Waals surface area contributed by atoms with Crippen molar-refractivity contribution in [2.45, 2.75) is 19.3 Å². The third kappa shape index (κ3) is 4.61. The van der Waals surface area contributed by atoms with Gasteiger partial charge in [0.25, 0.3) is 5.69 Å². The summed E-state index contributed by atoms with van der Waals surface area (Å²) in [6.07, 6.45) is 7.73. The molecule has 5 heteroatoms. The first-order valence-corrected chi connectivity index (χ1v) is 6.34. The maximum absolute atomic E-state index is 10.8. The van der Waals surface area contributed by atoms with Crippen LogP contribution in [0.25, 0.3) is 0 Å². The molecule has 0 radical (unpaired) electrons. The zero-order chi connectivity index (χ0) is 12.7. The fraction of sp³-hybridized carbons (Fsp3) is 0.333.